The minimum atomic E-state index is -0.769. The van der Waals surface area contributed by atoms with Crippen molar-refractivity contribution in [3.8, 4) is 0 Å². The summed E-state index contributed by atoms with van der Waals surface area (Å²) in [5, 5.41) is 13.6. The number of hydrogen-bond donors (Lipinski definition) is 2. The van der Waals surface area contributed by atoms with Crippen molar-refractivity contribution in [3.63, 3.8) is 0 Å². The fourth-order valence-corrected chi connectivity index (χ4v) is 2.28. The van der Waals surface area contributed by atoms with Crippen LogP contribution in [-0.2, 0) is 9.53 Å². The summed E-state index contributed by atoms with van der Waals surface area (Å²) in [6.07, 6.45) is 0. The maximum atomic E-state index is 12.4. The van der Waals surface area contributed by atoms with Crippen molar-refractivity contribution in [2.75, 3.05) is 13.2 Å². The van der Waals surface area contributed by atoms with E-state index in [9.17, 15) is 14.9 Å². The molecule has 7 nitrogen and oxygen atoms in total. The molecule has 0 radical (unpaired) electrons. The highest BCUT2D eigenvalue weighted by Gasteiger charge is 2.44. The first-order chi connectivity index (χ1) is 9.84. The summed E-state index contributed by atoms with van der Waals surface area (Å²) in [7, 11) is 0. The van der Waals surface area contributed by atoms with E-state index in [-0.39, 0.29) is 30.3 Å². The third kappa shape index (κ3) is 3.03. The molecule has 0 bridgehead atoms. The Labute approximate surface area is 122 Å². The Balaban J connectivity index is 2.11. The zero-order valence-electron chi connectivity index (χ0n) is 12.0. The summed E-state index contributed by atoms with van der Waals surface area (Å²) < 4.78 is 5.26. The van der Waals surface area contributed by atoms with Gasteiger partial charge in [0.1, 0.15) is 0 Å². The van der Waals surface area contributed by atoms with Crippen LogP contribution in [0.4, 0.5) is 5.69 Å². The van der Waals surface area contributed by atoms with E-state index in [1.165, 1.54) is 12.1 Å². The molecule has 0 spiro atoms. The lowest BCUT2D eigenvalue weighted by Gasteiger charge is -2.27. The highest BCUT2D eigenvalue weighted by atomic mass is 16.6. The molecule has 0 saturated carbocycles. The standard InChI is InChI=1S/C14H19N3O4/c1-9(10-4-3-5-11(6-10)17(19)20)16-13(18)14(2)8-21-7-12(14)15/h3-6,9,12H,7-8,15H2,1-2H3,(H,16,18). The molecule has 1 heterocycles. The summed E-state index contributed by atoms with van der Waals surface area (Å²) in [5.41, 5.74) is 5.82. The van der Waals surface area contributed by atoms with Gasteiger partial charge in [0.2, 0.25) is 5.91 Å². The van der Waals surface area contributed by atoms with E-state index in [0.717, 1.165) is 0 Å². The summed E-state index contributed by atoms with van der Waals surface area (Å²) >= 11 is 0. The second-order valence-corrected chi connectivity index (χ2v) is 5.59. The highest BCUT2D eigenvalue weighted by molar-refractivity contribution is 5.84. The van der Waals surface area contributed by atoms with Gasteiger partial charge in [-0.1, -0.05) is 12.1 Å². The molecule has 0 aromatic heterocycles. The lowest BCUT2D eigenvalue weighted by Crippen LogP contribution is -2.50. The van der Waals surface area contributed by atoms with E-state index < -0.39 is 10.3 Å². The number of rotatable bonds is 4. The van der Waals surface area contributed by atoms with Gasteiger partial charge in [-0.15, -0.1) is 0 Å². The number of benzene rings is 1. The zero-order valence-corrected chi connectivity index (χ0v) is 12.0. The van der Waals surface area contributed by atoms with Gasteiger partial charge in [-0.2, -0.15) is 0 Å². The molecule has 1 amide bonds. The molecular formula is C14H19N3O4. The van der Waals surface area contributed by atoms with Crippen molar-refractivity contribution >= 4 is 11.6 Å². The molecule has 7 heteroatoms. The lowest BCUT2D eigenvalue weighted by atomic mass is 9.84. The van der Waals surface area contributed by atoms with E-state index >= 15 is 0 Å². The number of nitro benzene ring substituents is 1. The Kier molecular flexibility index (Phi) is 4.24. The molecule has 0 aliphatic carbocycles. The van der Waals surface area contributed by atoms with Crippen LogP contribution >= 0.6 is 0 Å². The molecule has 1 aromatic carbocycles. The molecule has 2 rings (SSSR count). The summed E-state index contributed by atoms with van der Waals surface area (Å²) in [6.45, 7) is 4.18. The van der Waals surface area contributed by atoms with Gasteiger partial charge < -0.3 is 15.8 Å². The number of carbonyl (C=O) groups excluding carboxylic acids is 1. The van der Waals surface area contributed by atoms with Crippen molar-refractivity contribution < 1.29 is 14.5 Å². The quantitative estimate of drug-likeness (QED) is 0.639. The predicted molar refractivity (Wildman–Crippen MR) is 76.6 cm³/mol. The molecule has 1 fully saturated rings. The first-order valence-corrected chi connectivity index (χ1v) is 6.73. The van der Waals surface area contributed by atoms with Crippen molar-refractivity contribution in [3.05, 3.63) is 39.9 Å². The first-order valence-electron chi connectivity index (χ1n) is 6.73. The minimum absolute atomic E-state index is 0.000659. The van der Waals surface area contributed by atoms with Gasteiger partial charge in [0.25, 0.3) is 5.69 Å². The Morgan fingerprint density at radius 2 is 2.33 bits per heavy atom. The number of non-ortho nitro benzene ring substituents is 1. The van der Waals surface area contributed by atoms with Gasteiger partial charge in [-0.05, 0) is 19.4 Å². The van der Waals surface area contributed by atoms with Gasteiger partial charge in [0, 0.05) is 18.2 Å². The number of nitrogens with zero attached hydrogens (tertiary/aromatic N) is 1. The Morgan fingerprint density at radius 1 is 1.62 bits per heavy atom. The average Bonchev–Trinajstić information content (AvgIpc) is 2.80. The highest BCUT2D eigenvalue weighted by Crippen LogP contribution is 2.28. The molecule has 3 N–H and O–H groups in total. The summed E-state index contributed by atoms with van der Waals surface area (Å²) in [6, 6.07) is 5.52. The monoisotopic (exact) mass is 293 g/mol. The van der Waals surface area contributed by atoms with E-state index in [0.29, 0.717) is 12.2 Å². The molecule has 3 atom stereocenters. The van der Waals surface area contributed by atoms with Crippen molar-refractivity contribution in [1.82, 2.24) is 5.32 Å². The van der Waals surface area contributed by atoms with Crippen LogP contribution in [0.15, 0.2) is 24.3 Å². The fraction of sp³-hybridized carbons (Fsp3) is 0.500. The van der Waals surface area contributed by atoms with Crippen molar-refractivity contribution in [2.24, 2.45) is 11.1 Å². The fourth-order valence-electron chi connectivity index (χ4n) is 2.28. The third-order valence-corrected chi connectivity index (χ3v) is 3.97. The largest absolute Gasteiger partial charge is 0.379 e. The van der Waals surface area contributed by atoms with Crippen molar-refractivity contribution in [1.29, 1.82) is 0 Å². The van der Waals surface area contributed by atoms with E-state index in [4.69, 9.17) is 10.5 Å². The number of nitrogens with one attached hydrogen (secondary N) is 1. The second kappa shape index (κ2) is 5.79. The maximum absolute atomic E-state index is 12.4. The minimum Gasteiger partial charge on any atom is -0.379 e. The number of amides is 1. The number of ether oxygens (including phenoxy) is 1. The van der Waals surface area contributed by atoms with Gasteiger partial charge in [-0.3, -0.25) is 14.9 Å². The van der Waals surface area contributed by atoms with Crippen LogP contribution in [0.25, 0.3) is 0 Å². The van der Waals surface area contributed by atoms with Gasteiger partial charge >= 0.3 is 0 Å². The number of carbonyl (C=O) groups is 1. The SMILES string of the molecule is CC(NC(=O)C1(C)COCC1N)c1cccc([N+](=O)[O-])c1. The number of nitrogens with two attached hydrogens (primary N) is 1. The summed E-state index contributed by atoms with van der Waals surface area (Å²) in [5.74, 6) is -0.202. The predicted octanol–water partition coefficient (Wildman–Crippen LogP) is 1.14. The Hall–Kier alpha value is -1.99. The van der Waals surface area contributed by atoms with E-state index in [1.807, 2.05) is 0 Å². The first kappa shape index (κ1) is 15.4. The smallest absolute Gasteiger partial charge is 0.269 e. The van der Waals surface area contributed by atoms with Gasteiger partial charge in [0.05, 0.1) is 29.6 Å². The van der Waals surface area contributed by atoms with Crippen LogP contribution < -0.4 is 11.1 Å². The molecule has 1 aromatic rings. The summed E-state index contributed by atoms with van der Waals surface area (Å²) in [4.78, 5) is 22.7. The lowest BCUT2D eigenvalue weighted by molar-refractivity contribution is -0.384. The molecule has 1 saturated heterocycles. The second-order valence-electron chi connectivity index (χ2n) is 5.59. The zero-order chi connectivity index (χ0) is 15.6. The normalized spacial score (nSPS) is 26.3. The van der Waals surface area contributed by atoms with Crippen LogP contribution in [0.3, 0.4) is 0 Å². The van der Waals surface area contributed by atoms with E-state index in [2.05, 4.69) is 5.32 Å². The van der Waals surface area contributed by atoms with E-state index in [1.54, 1.807) is 26.0 Å². The van der Waals surface area contributed by atoms with Gasteiger partial charge in [0.15, 0.2) is 0 Å². The average molecular weight is 293 g/mol. The van der Waals surface area contributed by atoms with Crippen LogP contribution in [0, 0.1) is 15.5 Å². The number of nitro groups is 1. The van der Waals surface area contributed by atoms with Crippen LogP contribution in [0.5, 0.6) is 0 Å². The maximum Gasteiger partial charge on any atom is 0.269 e. The van der Waals surface area contributed by atoms with Crippen LogP contribution in [0.2, 0.25) is 0 Å². The van der Waals surface area contributed by atoms with Crippen LogP contribution in [0.1, 0.15) is 25.5 Å². The van der Waals surface area contributed by atoms with Crippen molar-refractivity contribution in [2.45, 2.75) is 25.9 Å². The molecule has 1 aliphatic heterocycles. The molecular weight excluding hydrogens is 274 g/mol. The Morgan fingerprint density at radius 3 is 2.90 bits per heavy atom. The molecule has 21 heavy (non-hydrogen) atoms. The number of hydrogen-bond acceptors (Lipinski definition) is 5. The van der Waals surface area contributed by atoms with Crippen LogP contribution in [-0.4, -0.2) is 30.1 Å². The topological polar surface area (TPSA) is 107 Å². The molecule has 3 unspecified atom stereocenters. The van der Waals surface area contributed by atoms with Gasteiger partial charge in [-0.25, -0.2) is 0 Å². The Bertz CT molecular complexity index is 563. The molecule has 114 valence electrons. The third-order valence-electron chi connectivity index (χ3n) is 3.97. The molecule has 1 aliphatic rings.